The number of hydrogen-bond donors (Lipinski definition) is 1. The first-order valence-electron chi connectivity index (χ1n) is 7.47. The van der Waals surface area contributed by atoms with E-state index < -0.39 is 0 Å². The van der Waals surface area contributed by atoms with E-state index in [-0.39, 0.29) is 0 Å². The average Bonchev–Trinajstić information content (AvgIpc) is 2.33. The van der Waals surface area contributed by atoms with E-state index in [0.717, 1.165) is 42.9 Å². The van der Waals surface area contributed by atoms with Crippen LogP contribution in [0.5, 0.6) is 0 Å². The maximum atomic E-state index is 5.59. The summed E-state index contributed by atoms with van der Waals surface area (Å²) in [5, 5.41) is 3.64. The van der Waals surface area contributed by atoms with E-state index in [4.69, 9.17) is 4.74 Å². The number of nitrogens with one attached hydrogen (secondary N) is 1. The first kappa shape index (κ1) is 13.4. The van der Waals surface area contributed by atoms with Crippen LogP contribution < -0.4 is 5.32 Å². The Hall–Kier alpha value is -0.0800. The molecule has 2 fully saturated rings. The van der Waals surface area contributed by atoms with E-state index in [2.05, 4.69) is 26.2 Å². The Balaban J connectivity index is 1.98. The van der Waals surface area contributed by atoms with Crippen molar-refractivity contribution in [2.75, 3.05) is 20.3 Å². The van der Waals surface area contributed by atoms with Gasteiger partial charge in [-0.2, -0.15) is 0 Å². The maximum Gasteiger partial charge on any atom is 0.0494 e. The second-order valence-corrected chi connectivity index (χ2v) is 6.35. The van der Waals surface area contributed by atoms with E-state index in [1.54, 1.807) is 0 Å². The van der Waals surface area contributed by atoms with Crippen LogP contribution in [-0.2, 0) is 4.74 Å². The lowest BCUT2D eigenvalue weighted by atomic mass is 9.71. The molecule has 100 valence electrons. The van der Waals surface area contributed by atoms with Crippen LogP contribution in [0.2, 0.25) is 0 Å². The Morgan fingerprint density at radius 3 is 2.65 bits per heavy atom. The Kier molecular flexibility index (Phi) is 4.87. The molecule has 2 heteroatoms. The quantitative estimate of drug-likeness (QED) is 0.817. The molecule has 0 aromatic carbocycles. The van der Waals surface area contributed by atoms with Crippen molar-refractivity contribution in [3.63, 3.8) is 0 Å². The minimum Gasteiger partial charge on any atom is -0.381 e. The Labute approximate surface area is 107 Å². The molecule has 2 nitrogen and oxygen atoms in total. The normalized spacial score (nSPS) is 41.1. The lowest BCUT2D eigenvalue weighted by Crippen LogP contribution is -2.47. The summed E-state index contributed by atoms with van der Waals surface area (Å²) in [5.74, 6) is 3.37. The fraction of sp³-hybridized carbons (Fsp3) is 1.00. The van der Waals surface area contributed by atoms with Crippen LogP contribution in [0, 0.1) is 23.7 Å². The minimum absolute atomic E-state index is 0.719. The summed E-state index contributed by atoms with van der Waals surface area (Å²) in [5.41, 5.74) is 0. The van der Waals surface area contributed by atoms with Crippen LogP contribution in [0.1, 0.15) is 46.0 Å². The molecule has 2 aliphatic rings. The fourth-order valence-electron chi connectivity index (χ4n) is 4.04. The Bertz CT molecular complexity index is 231. The predicted molar refractivity (Wildman–Crippen MR) is 72.1 cm³/mol. The molecule has 5 unspecified atom stereocenters. The molecule has 0 aromatic heterocycles. The van der Waals surface area contributed by atoms with Crippen LogP contribution in [0.3, 0.4) is 0 Å². The van der Waals surface area contributed by atoms with Gasteiger partial charge >= 0.3 is 0 Å². The Morgan fingerprint density at radius 1 is 1.18 bits per heavy atom. The number of ether oxygens (including phenoxy) is 1. The van der Waals surface area contributed by atoms with Gasteiger partial charge in [-0.05, 0) is 50.0 Å². The van der Waals surface area contributed by atoms with Crippen molar-refractivity contribution in [1.82, 2.24) is 5.32 Å². The highest BCUT2D eigenvalue weighted by Gasteiger charge is 2.35. The summed E-state index contributed by atoms with van der Waals surface area (Å²) in [6.45, 7) is 6.72. The molecule has 5 atom stereocenters. The average molecular weight is 239 g/mol. The molecule has 1 N–H and O–H groups in total. The molecule has 0 amide bonds. The largest absolute Gasteiger partial charge is 0.381 e. The Morgan fingerprint density at radius 2 is 2.00 bits per heavy atom. The number of rotatable bonds is 3. The SMILES string of the molecule is CNC(C1CCCC(C)C1)C1CCOCC1C. The molecule has 17 heavy (non-hydrogen) atoms. The van der Waals surface area contributed by atoms with E-state index in [1.165, 1.54) is 32.1 Å². The lowest BCUT2D eigenvalue weighted by molar-refractivity contribution is -0.00153. The smallest absolute Gasteiger partial charge is 0.0494 e. The van der Waals surface area contributed by atoms with Crippen LogP contribution >= 0.6 is 0 Å². The van der Waals surface area contributed by atoms with Gasteiger partial charge in [0, 0.05) is 19.3 Å². The van der Waals surface area contributed by atoms with Crippen molar-refractivity contribution >= 4 is 0 Å². The van der Waals surface area contributed by atoms with E-state index >= 15 is 0 Å². The van der Waals surface area contributed by atoms with Gasteiger partial charge in [0.1, 0.15) is 0 Å². The van der Waals surface area contributed by atoms with Crippen LogP contribution in [0.15, 0.2) is 0 Å². The molecular formula is C15H29NO. The van der Waals surface area contributed by atoms with Crippen molar-refractivity contribution in [3.8, 4) is 0 Å². The monoisotopic (exact) mass is 239 g/mol. The molecule has 0 aromatic rings. The van der Waals surface area contributed by atoms with Gasteiger partial charge in [-0.3, -0.25) is 0 Å². The van der Waals surface area contributed by atoms with E-state index in [9.17, 15) is 0 Å². The summed E-state index contributed by atoms with van der Waals surface area (Å²) in [6, 6.07) is 0.719. The zero-order valence-electron chi connectivity index (χ0n) is 11.7. The molecule has 1 saturated heterocycles. The molecule has 1 aliphatic heterocycles. The predicted octanol–water partition coefficient (Wildman–Crippen LogP) is 3.07. The van der Waals surface area contributed by atoms with Crippen LogP contribution in [0.4, 0.5) is 0 Å². The maximum absolute atomic E-state index is 5.59. The van der Waals surface area contributed by atoms with Crippen molar-refractivity contribution < 1.29 is 4.74 Å². The van der Waals surface area contributed by atoms with Gasteiger partial charge < -0.3 is 10.1 Å². The highest BCUT2D eigenvalue weighted by Crippen LogP contribution is 2.37. The first-order chi connectivity index (χ1) is 8.22. The minimum atomic E-state index is 0.719. The summed E-state index contributed by atoms with van der Waals surface area (Å²) in [4.78, 5) is 0. The van der Waals surface area contributed by atoms with E-state index in [1.807, 2.05) is 0 Å². The van der Waals surface area contributed by atoms with Crippen molar-refractivity contribution in [2.45, 2.75) is 52.0 Å². The summed E-state index contributed by atoms with van der Waals surface area (Å²) in [6.07, 6.45) is 6.98. The lowest BCUT2D eigenvalue weighted by Gasteiger charge is -2.41. The van der Waals surface area contributed by atoms with Crippen molar-refractivity contribution in [1.29, 1.82) is 0 Å². The zero-order chi connectivity index (χ0) is 12.3. The summed E-state index contributed by atoms with van der Waals surface area (Å²) < 4.78 is 5.59. The summed E-state index contributed by atoms with van der Waals surface area (Å²) in [7, 11) is 2.16. The molecule has 0 spiro atoms. The van der Waals surface area contributed by atoms with Gasteiger partial charge in [-0.25, -0.2) is 0 Å². The van der Waals surface area contributed by atoms with Crippen LogP contribution in [0.25, 0.3) is 0 Å². The highest BCUT2D eigenvalue weighted by molar-refractivity contribution is 4.88. The van der Waals surface area contributed by atoms with Gasteiger partial charge in [0.25, 0.3) is 0 Å². The highest BCUT2D eigenvalue weighted by atomic mass is 16.5. The third kappa shape index (κ3) is 3.23. The van der Waals surface area contributed by atoms with Gasteiger partial charge in [-0.1, -0.05) is 26.7 Å². The zero-order valence-corrected chi connectivity index (χ0v) is 11.7. The van der Waals surface area contributed by atoms with Crippen molar-refractivity contribution in [3.05, 3.63) is 0 Å². The molecule has 1 saturated carbocycles. The molecule has 0 radical (unpaired) electrons. The molecule has 1 heterocycles. The molecular weight excluding hydrogens is 210 g/mol. The molecule has 2 rings (SSSR count). The third-order valence-corrected chi connectivity index (χ3v) is 4.99. The standard InChI is InChI=1S/C15H29NO/c1-11-5-4-6-13(9-11)15(16-3)14-7-8-17-10-12(14)2/h11-16H,4-10H2,1-3H3. The first-order valence-corrected chi connectivity index (χ1v) is 7.47. The van der Waals surface area contributed by atoms with Gasteiger partial charge in [0.05, 0.1) is 0 Å². The second-order valence-electron chi connectivity index (χ2n) is 6.35. The molecule has 1 aliphatic carbocycles. The van der Waals surface area contributed by atoms with Gasteiger partial charge in [0.2, 0.25) is 0 Å². The second kappa shape index (κ2) is 6.19. The van der Waals surface area contributed by atoms with Crippen molar-refractivity contribution in [2.24, 2.45) is 23.7 Å². The fourth-order valence-corrected chi connectivity index (χ4v) is 4.04. The third-order valence-electron chi connectivity index (χ3n) is 4.99. The van der Waals surface area contributed by atoms with E-state index in [0.29, 0.717) is 0 Å². The van der Waals surface area contributed by atoms with Gasteiger partial charge in [0.15, 0.2) is 0 Å². The van der Waals surface area contributed by atoms with Gasteiger partial charge in [-0.15, -0.1) is 0 Å². The number of hydrogen-bond acceptors (Lipinski definition) is 2. The topological polar surface area (TPSA) is 21.3 Å². The van der Waals surface area contributed by atoms with Crippen LogP contribution in [-0.4, -0.2) is 26.3 Å². The summed E-state index contributed by atoms with van der Waals surface area (Å²) >= 11 is 0. The molecule has 0 bridgehead atoms.